The van der Waals surface area contributed by atoms with E-state index in [1.165, 1.54) is 7.11 Å². The number of hydrogen-bond acceptors (Lipinski definition) is 11. The van der Waals surface area contributed by atoms with E-state index in [9.17, 15) is 4.79 Å². The van der Waals surface area contributed by atoms with Gasteiger partial charge in [0.2, 0.25) is 0 Å². The summed E-state index contributed by atoms with van der Waals surface area (Å²) in [6, 6.07) is 2.21. The Hall–Kier alpha value is -4.32. The van der Waals surface area contributed by atoms with Crippen LogP contribution in [0.15, 0.2) is 31.0 Å². The molecule has 1 aliphatic heterocycles. The number of nitrogens with one attached hydrogen (secondary N) is 2. The number of carbonyl (C=O) groups excluding carboxylic acids is 1. The van der Waals surface area contributed by atoms with Crippen LogP contribution >= 0.6 is 0 Å². The Morgan fingerprint density at radius 1 is 1.19 bits per heavy atom. The summed E-state index contributed by atoms with van der Waals surface area (Å²) < 4.78 is 12.5. The zero-order chi connectivity index (χ0) is 26.1. The highest BCUT2D eigenvalue weighted by atomic mass is 16.5. The third-order valence-electron chi connectivity index (χ3n) is 6.36. The minimum absolute atomic E-state index is 0.0352. The number of ether oxygens (including phenoxy) is 2. The Labute approximate surface area is 214 Å². The highest BCUT2D eigenvalue weighted by molar-refractivity contribution is 5.98. The highest BCUT2D eigenvalue weighted by Gasteiger charge is 2.24. The fourth-order valence-corrected chi connectivity index (χ4v) is 4.46. The number of fused-ring (bicyclic) bond motifs is 1. The normalized spacial score (nSPS) is 15.6. The molecule has 0 saturated carbocycles. The Kier molecular flexibility index (Phi) is 6.57. The standard InChI is InChI=1S/C25H29N9O3/c1-14-8-16(9-28-24(14)34-6-7-37-12-15(34)2)30-23-21(25(35)36-5)31-20(22(26-3)32-23)17-10-27-11-18-19(17)29-13-33(18)4/h8-11,13,15H,6-7,12H2,1-5H3,(H2,26,30,32)/t15-/m1/s1. The second-order valence-corrected chi connectivity index (χ2v) is 8.88. The third-order valence-corrected chi connectivity index (χ3v) is 6.36. The molecular weight excluding hydrogens is 474 g/mol. The van der Waals surface area contributed by atoms with E-state index in [1.807, 2.05) is 24.6 Å². The van der Waals surface area contributed by atoms with Crippen molar-refractivity contribution in [3.05, 3.63) is 42.2 Å². The minimum Gasteiger partial charge on any atom is -0.464 e. The van der Waals surface area contributed by atoms with Gasteiger partial charge in [-0.1, -0.05) is 0 Å². The van der Waals surface area contributed by atoms with Gasteiger partial charge in [-0.15, -0.1) is 0 Å². The lowest BCUT2D eigenvalue weighted by Crippen LogP contribution is -2.44. The lowest BCUT2D eigenvalue weighted by molar-refractivity contribution is 0.0595. The summed E-state index contributed by atoms with van der Waals surface area (Å²) in [4.78, 5) is 37.9. The van der Waals surface area contributed by atoms with E-state index >= 15 is 0 Å². The van der Waals surface area contributed by atoms with Gasteiger partial charge in [-0.2, -0.15) is 0 Å². The van der Waals surface area contributed by atoms with E-state index < -0.39 is 5.97 Å². The number of rotatable bonds is 6. The SMILES string of the molecule is CNc1nc(Nc2cnc(N3CCOC[C@H]3C)c(C)c2)c(C(=O)OC)nc1-c1cncc2c1ncn2C. The molecule has 0 aliphatic carbocycles. The molecule has 12 heteroatoms. The van der Waals surface area contributed by atoms with Crippen molar-refractivity contribution in [2.24, 2.45) is 7.05 Å². The van der Waals surface area contributed by atoms with Crippen molar-refractivity contribution >= 4 is 40.1 Å². The number of imidazole rings is 1. The molecule has 2 N–H and O–H groups in total. The van der Waals surface area contributed by atoms with Gasteiger partial charge in [0.1, 0.15) is 17.0 Å². The van der Waals surface area contributed by atoms with E-state index in [2.05, 4.69) is 37.4 Å². The summed E-state index contributed by atoms with van der Waals surface area (Å²) in [6.45, 7) is 6.24. The van der Waals surface area contributed by atoms with Crippen LogP contribution in [0.25, 0.3) is 22.3 Å². The van der Waals surface area contributed by atoms with Gasteiger partial charge >= 0.3 is 5.97 Å². The number of methoxy groups -OCH3 is 1. The Balaban J connectivity index is 1.55. The van der Waals surface area contributed by atoms with Crippen molar-refractivity contribution in [3.8, 4) is 11.3 Å². The second kappa shape index (κ2) is 9.97. The van der Waals surface area contributed by atoms with Gasteiger partial charge in [0.25, 0.3) is 0 Å². The number of aryl methyl sites for hydroxylation is 2. The fourth-order valence-electron chi connectivity index (χ4n) is 4.46. The summed E-state index contributed by atoms with van der Waals surface area (Å²) >= 11 is 0. The third kappa shape index (κ3) is 4.51. The molecule has 4 aromatic heterocycles. The van der Waals surface area contributed by atoms with Crippen LogP contribution in [0.2, 0.25) is 0 Å². The molecule has 0 unspecified atom stereocenters. The van der Waals surface area contributed by atoms with Crippen LogP contribution < -0.4 is 15.5 Å². The zero-order valence-electron chi connectivity index (χ0n) is 21.4. The molecular formula is C25H29N9O3. The van der Waals surface area contributed by atoms with Crippen molar-refractivity contribution < 1.29 is 14.3 Å². The molecule has 1 atom stereocenters. The maximum Gasteiger partial charge on any atom is 0.360 e. The van der Waals surface area contributed by atoms with E-state index in [-0.39, 0.29) is 17.6 Å². The smallest absolute Gasteiger partial charge is 0.360 e. The number of aromatic nitrogens is 6. The first-order valence-electron chi connectivity index (χ1n) is 11.9. The van der Waals surface area contributed by atoms with E-state index in [1.54, 1.807) is 32.0 Å². The van der Waals surface area contributed by atoms with Crippen LogP contribution in [-0.4, -0.2) is 75.4 Å². The first kappa shape index (κ1) is 24.4. The quantitative estimate of drug-likeness (QED) is 0.376. The van der Waals surface area contributed by atoms with Crippen molar-refractivity contribution in [3.63, 3.8) is 0 Å². The molecule has 192 valence electrons. The summed E-state index contributed by atoms with van der Waals surface area (Å²) in [5.74, 6) is 0.986. The molecule has 1 fully saturated rings. The van der Waals surface area contributed by atoms with Crippen LogP contribution in [0, 0.1) is 6.92 Å². The van der Waals surface area contributed by atoms with Crippen LogP contribution in [0.1, 0.15) is 23.0 Å². The molecule has 12 nitrogen and oxygen atoms in total. The first-order chi connectivity index (χ1) is 17.9. The number of carbonyl (C=O) groups is 1. The van der Waals surface area contributed by atoms with Crippen molar-refractivity contribution in [1.82, 2.24) is 29.5 Å². The number of pyridine rings is 2. The maximum atomic E-state index is 12.8. The van der Waals surface area contributed by atoms with Crippen molar-refractivity contribution in [1.29, 1.82) is 0 Å². The predicted octanol–water partition coefficient (Wildman–Crippen LogP) is 2.93. The largest absolute Gasteiger partial charge is 0.464 e. The molecule has 1 aliphatic rings. The predicted molar refractivity (Wildman–Crippen MR) is 140 cm³/mol. The summed E-state index contributed by atoms with van der Waals surface area (Å²) in [5, 5.41) is 6.29. The van der Waals surface area contributed by atoms with E-state index in [0.29, 0.717) is 41.5 Å². The number of morpholine rings is 1. The summed E-state index contributed by atoms with van der Waals surface area (Å²) in [5.41, 5.74) is 4.32. The van der Waals surface area contributed by atoms with Crippen LogP contribution in [0.5, 0.6) is 0 Å². The van der Waals surface area contributed by atoms with Crippen LogP contribution in [0.4, 0.5) is 23.1 Å². The summed E-state index contributed by atoms with van der Waals surface area (Å²) in [6.07, 6.45) is 6.81. The zero-order valence-corrected chi connectivity index (χ0v) is 21.4. The van der Waals surface area contributed by atoms with Crippen LogP contribution in [-0.2, 0) is 16.5 Å². The van der Waals surface area contributed by atoms with Gasteiger partial charge in [0, 0.05) is 26.8 Å². The number of hydrogen-bond donors (Lipinski definition) is 2. The Bertz CT molecular complexity index is 1470. The molecule has 0 amide bonds. The topological polar surface area (TPSA) is 132 Å². The molecule has 0 aromatic carbocycles. The first-order valence-corrected chi connectivity index (χ1v) is 11.9. The number of nitrogens with zero attached hydrogens (tertiary/aromatic N) is 7. The lowest BCUT2D eigenvalue weighted by Gasteiger charge is -2.35. The van der Waals surface area contributed by atoms with E-state index in [4.69, 9.17) is 19.4 Å². The van der Waals surface area contributed by atoms with Gasteiger partial charge in [-0.25, -0.2) is 24.7 Å². The van der Waals surface area contributed by atoms with Crippen molar-refractivity contribution in [2.45, 2.75) is 19.9 Å². The minimum atomic E-state index is -0.622. The monoisotopic (exact) mass is 503 g/mol. The highest BCUT2D eigenvalue weighted by Crippen LogP contribution is 2.33. The molecule has 0 spiro atoms. The molecule has 1 saturated heterocycles. The Morgan fingerprint density at radius 3 is 2.76 bits per heavy atom. The molecule has 5 heterocycles. The molecule has 4 aromatic rings. The second-order valence-electron chi connectivity index (χ2n) is 8.88. The van der Waals surface area contributed by atoms with Crippen LogP contribution in [0.3, 0.4) is 0 Å². The van der Waals surface area contributed by atoms with Gasteiger partial charge < -0.3 is 29.6 Å². The molecule has 37 heavy (non-hydrogen) atoms. The summed E-state index contributed by atoms with van der Waals surface area (Å²) in [7, 11) is 4.94. The fraction of sp³-hybridized carbons (Fsp3) is 0.360. The molecule has 0 radical (unpaired) electrons. The van der Waals surface area contributed by atoms with Gasteiger partial charge in [0.15, 0.2) is 17.3 Å². The number of esters is 1. The molecule has 5 rings (SSSR count). The molecule has 0 bridgehead atoms. The van der Waals surface area contributed by atoms with Crippen molar-refractivity contribution in [2.75, 3.05) is 49.4 Å². The van der Waals surface area contributed by atoms with E-state index in [0.717, 1.165) is 23.4 Å². The number of anilines is 4. The van der Waals surface area contributed by atoms with Gasteiger partial charge in [0.05, 0.1) is 61.9 Å². The Morgan fingerprint density at radius 2 is 2.03 bits per heavy atom. The maximum absolute atomic E-state index is 12.8. The average molecular weight is 504 g/mol. The lowest BCUT2D eigenvalue weighted by atomic mass is 10.1. The van der Waals surface area contributed by atoms with Gasteiger partial charge in [-0.3, -0.25) is 4.98 Å². The average Bonchev–Trinajstić information content (AvgIpc) is 3.29. The van der Waals surface area contributed by atoms with Gasteiger partial charge in [-0.05, 0) is 25.5 Å².